The van der Waals surface area contributed by atoms with Gasteiger partial charge in [0.2, 0.25) is 0 Å². The zero-order valence-electron chi connectivity index (χ0n) is 6.35. The van der Waals surface area contributed by atoms with E-state index in [0.717, 1.165) is 13.1 Å². The van der Waals surface area contributed by atoms with Gasteiger partial charge in [0.15, 0.2) is 6.33 Å². The largest absolute Gasteiger partial charge is 0.294 e. The van der Waals surface area contributed by atoms with Gasteiger partial charge in [-0.1, -0.05) is 0 Å². The molecule has 0 saturated carbocycles. The topological polar surface area (TPSA) is 46.8 Å². The maximum atomic E-state index is 3.82. The van der Waals surface area contributed by atoms with Gasteiger partial charge in [-0.25, -0.2) is 0 Å². The van der Waals surface area contributed by atoms with Crippen LogP contribution >= 0.6 is 0 Å². The van der Waals surface area contributed by atoms with Gasteiger partial charge in [0.25, 0.3) is 0 Å². The highest BCUT2D eigenvalue weighted by atomic mass is 15.7. The quantitative estimate of drug-likeness (QED) is 0.560. The smallest absolute Gasteiger partial charge is 0.161 e. The number of piperidine rings is 1. The number of tetrazole rings is 1. The third-order valence-electron chi connectivity index (χ3n) is 1.96. The van der Waals surface area contributed by atoms with E-state index in [1.54, 1.807) is 11.1 Å². The van der Waals surface area contributed by atoms with E-state index in [1.165, 1.54) is 19.3 Å². The zero-order chi connectivity index (χ0) is 7.52. The van der Waals surface area contributed by atoms with Gasteiger partial charge in [0.05, 0.1) is 0 Å². The van der Waals surface area contributed by atoms with E-state index in [-0.39, 0.29) is 0 Å². The number of hydrogen-bond acceptors (Lipinski definition) is 4. The number of rotatable bonds is 1. The van der Waals surface area contributed by atoms with E-state index in [4.69, 9.17) is 0 Å². The Morgan fingerprint density at radius 1 is 1.09 bits per heavy atom. The average Bonchev–Trinajstić information content (AvgIpc) is 2.58. The molecule has 0 aliphatic carbocycles. The van der Waals surface area contributed by atoms with Crippen molar-refractivity contribution < 1.29 is 0 Å². The van der Waals surface area contributed by atoms with E-state index in [0.29, 0.717) is 0 Å². The Morgan fingerprint density at radius 3 is 2.55 bits per heavy atom. The van der Waals surface area contributed by atoms with Crippen LogP contribution in [0.2, 0.25) is 0 Å². The fourth-order valence-corrected chi connectivity index (χ4v) is 1.37. The molecule has 5 nitrogen and oxygen atoms in total. The summed E-state index contributed by atoms with van der Waals surface area (Å²) in [5.74, 6) is 0. The molecule has 1 aliphatic heterocycles. The van der Waals surface area contributed by atoms with Gasteiger partial charge in [-0.15, -0.1) is 9.89 Å². The van der Waals surface area contributed by atoms with Crippen LogP contribution in [0.15, 0.2) is 6.33 Å². The van der Waals surface area contributed by atoms with E-state index < -0.39 is 0 Å². The molecule has 11 heavy (non-hydrogen) atoms. The standard InChI is InChI=1S/C6H11N5/c1-2-4-10(5-3-1)11-6-7-8-9-11/h6H,1-5H2. The van der Waals surface area contributed by atoms with Gasteiger partial charge in [0.1, 0.15) is 0 Å². The molecule has 0 aromatic carbocycles. The van der Waals surface area contributed by atoms with Crippen molar-refractivity contribution in [1.82, 2.24) is 20.3 Å². The molecule has 0 spiro atoms. The lowest BCUT2D eigenvalue weighted by Crippen LogP contribution is -2.39. The lowest BCUT2D eigenvalue weighted by molar-refractivity contribution is 0.441. The molecule has 5 heteroatoms. The van der Waals surface area contributed by atoms with Crippen molar-refractivity contribution in [2.75, 3.05) is 18.1 Å². The van der Waals surface area contributed by atoms with E-state index in [9.17, 15) is 0 Å². The maximum absolute atomic E-state index is 3.82. The number of aromatic nitrogens is 4. The summed E-state index contributed by atoms with van der Waals surface area (Å²) < 4.78 is 0. The van der Waals surface area contributed by atoms with Crippen LogP contribution in [0.5, 0.6) is 0 Å². The van der Waals surface area contributed by atoms with Gasteiger partial charge in [-0.2, -0.15) is 0 Å². The molecule has 1 fully saturated rings. The molecule has 0 radical (unpaired) electrons. The first-order chi connectivity index (χ1) is 5.47. The minimum absolute atomic E-state index is 1.07. The van der Waals surface area contributed by atoms with Crippen LogP contribution in [0.1, 0.15) is 19.3 Å². The van der Waals surface area contributed by atoms with Crippen molar-refractivity contribution in [2.45, 2.75) is 19.3 Å². The second kappa shape index (κ2) is 2.86. The maximum Gasteiger partial charge on any atom is 0.161 e. The van der Waals surface area contributed by atoms with Crippen LogP contribution in [-0.2, 0) is 0 Å². The molecule has 0 bridgehead atoms. The van der Waals surface area contributed by atoms with E-state index >= 15 is 0 Å². The molecular formula is C6H11N5. The fourth-order valence-electron chi connectivity index (χ4n) is 1.37. The van der Waals surface area contributed by atoms with Crippen molar-refractivity contribution in [3.8, 4) is 0 Å². The van der Waals surface area contributed by atoms with Crippen LogP contribution in [0.3, 0.4) is 0 Å². The molecule has 1 aliphatic rings. The molecule has 0 N–H and O–H groups in total. The Labute approximate surface area is 65.0 Å². The summed E-state index contributed by atoms with van der Waals surface area (Å²) in [6.07, 6.45) is 5.48. The van der Waals surface area contributed by atoms with Crippen LogP contribution in [0, 0.1) is 0 Å². The third-order valence-corrected chi connectivity index (χ3v) is 1.96. The number of nitrogens with zero attached hydrogens (tertiary/aromatic N) is 5. The lowest BCUT2D eigenvalue weighted by Gasteiger charge is -2.26. The first kappa shape index (κ1) is 6.57. The monoisotopic (exact) mass is 153 g/mol. The SMILES string of the molecule is c1nnnn1N1CCCCC1. The minimum Gasteiger partial charge on any atom is -0.294 e. The summed E-state index contributed by atoms with van der Waals surface area (Å²) in [6.45, 7) is 2.15. The molecule has 2 rings (SSSR count). The third kappa shape index (κ3) is 1.31. The van der Waals surface area contributed by atoms with Crippen molar-refractivity contribution in [1.29, 1.82) is 0 Å². The van der Waals surface area contributed by atoms with Crippen molar-refractivity contribution >= 4 is 0 Å². The predicted octanol–water partition coefficient (Wildman–Crippen LogP) is -0.205. The Morgan fingerprint density at radius 2 is 1.91 bits per heavy atom. The van der Waals surface area contributed by atoms with Crippen LogP contribution in [-0.4, -0.2) is 33.4 Å². The zero-order valence-corrected chi connectivity index (χ0v) is 6.35. The van der Waals surface area contributed by atoms with Gasteiger partial charge < -0.3 is 0 Å². The molecule has 0 atom stereocenters. The van der Waals surface area contributed by atoms with Crippen molar-refractivity contribution in [2.24, 2.45) is 0 Å². The Balaban J connectivity index is 2.04. The van der Waals surface area contributed by atoms with Gasteiger partial charge >= 0.3 is 0 Å². The minimum atomic E-state index is 1.07. The average molecular weight is 153 g/mol. The summed E-state index contributed by atoms with van der Waals surface area (Å²) >= 11 is 0. The highest BCUT2D eigenvalue weighted by Crippen LogP contribution is 2.05. The molecule has 1 aromatic heterocycles. The highest BCUT2D eigenvalue weighted by molar-refractivity contribution is 4.83. The highest BCUT2D eigenvalue weighted by Gasteiger charge is 2.10. The number of hydrogen-bond donors (Lipinski definition) is 0. The first-order valence-corrected chi connectivity index (χ1v) is 3.95. The van der Waals surface area contributed by atoms with Gasteiger partial charge in [-0.3, -0.25) is 5.01 Å². The molecule has 1 saturated heterocycles. The lowest BCUT2D eigenvalue weighted by atomic mass is 10.2. The summed E-state index contributed by atoms with van der Waals surface area (Å²) in [5, 5.41) is 13.2. The molecule has 60 valence electrons. The predicted molar refractivity (Wildman–Crippen MR) is 39.6 cm³/mol. The van der Waals surface area contributed by atoms with Crippen molar-refractivity contribution in [3.05, 3.63) is 6.33 Å². The summed E-state index contributed by atoms with van der Waals surface area (Å²) in [4.78, 5) is 1.72. The second-order valence-corrected chi connectivity index (χ2v) is 2.74. The summed E-state index contributed by atoms with van der Waals surface area (Å²) in [7, 11) is 0. The molecular weight excluding hydrogens is 142 g/mol. The normalized spacial score (nSPS) is 18.7. The van der Waals surface area contributed by atoms with Crippen LogP contribution in [0.25, 0.3) is 0 Å². The molecule has 2 heterocycles. The van der Waals surface area contributed by atoms with Crippen molar-refractivity contribution in [3.63, 3.8) is 0 Å². The fraction of sp³-hybridized carbons (Fsp3) is 0.833. The Kier molecular flexibility index (Phi) is 1.71. The van der Waals surface area contributed by atoms with E-state index in [1.807, 2.05) is 0 Å². The Bertz CT molecular complexity index is 201. The first-order valence-electron chi connectivity index (χ1n) is 3.95. The summed E-state index contributed by atoms with van der Waals surface area (Å²) in [6, 6.07) is 0. The van der Waals surface area contributed by atoms with Gasteiger partial charge in [-0.05, 0) is 29.7 Å². The van der Waals surface area contributed by atoms with Gasteiger partial charge in [0, 0.05) is 13.1 Å². The van der Waals surface area contributed by atoms with Crippen LogP contribution < -0.4 is 5.01 Å². The molecule has 0 unspecified atom stereocenters. The molecule has 0 amide bonds. The second-order valence-electron chi connectivity index (χ2n) is 2.74. The van der Waals surface area contributed by atoms with E-state index in [2.05, 4.69) is 20.5 Å². The van der Waals surface area contributed by atoms with Crippen LogP contribution in [0.4, 0.5) is 0 Å². The summed E-state index contributed by atoms with van der Waals surface area (Å²) in [5.41, 5.74) is 0. The molecule has 1 aromatic rings. The Hall–Kier alpha value is -1.13.